The normalized spacial score (nSPS) is 11.2. The van der Waals surface area contributed by atoms with E-state index in [4.69, 9.17) is 0 Å². The minimum Gasteiger partial charge on any atom is -0.321 e. The Morgan fingerprint density at radius 1 is 1.35 bits per heavy atom. The van der Waals surface area contributed by atoms with Gasteiger partial charge in [-0.2, -0.15) is 5.10 Å². The SMILES string of the molecule is O=C(Cn1cnc2ccccc21)N/N=C\c1cc(Br)ccc1F. The molecule has 3 rings (SSSR count). The van der Waals surface area contributed by atoms with Crippen molar-refractivity contribution in [1.29, 1.82) is 0 Å². The molecule has 0 fully saturated rings. The van der Waals surface area contributed by atoms with Crippen LogP contribution in [0.3, 0.4) is 0 Å². The van der Waals surface area contributed by atoms with Crippen molar-refractivity contribution in [3.8, 4) is 0 Å². The summed E-state index contributed by atoms with van der Waals surface area (Å²) in [5.41, 5.74) is 4.35. The molecule has 23 heavy (non-hydrogen) atoms. The molecule has 0 spiro atoms. The number of rotatable bonds is 4. The highest BCUT2D eigenvalue weighted by molar-refractivity contribution is 9.10. The molecule has 1 amide bonds. The van der Waals surface area contributed by atoms with E-state index in [1.807, 2.05) is 24.3 Å². The lowest BCUT2D eigenvalue weighted by Crippen LogP contribution is -2.22. The number of halogens is 2. The standard InChI is InChI=1S/C16H12BrFN4O/c17-12-5-6-13(18)11(7-12)8-20-21-16(23)9-22-10-19-14-3-1-2-4-15(14)22/h1-8,10H,9H2,(H,21,23)/b20-8-. The summed E-state index contributed by atoms with van der Waals surface area (Å²) in [4.78, 5) is 16.1. The number of benzene rings is 2. The molecule has 1 heterocycles. The highest BCUT2D eigenvalue weighted by Gasteiger charge is 2.06. The molecule has 0 radical (unpaired) electrons. The van der Waals surface area contributed by atoms with Gasteiger partial charge in [0, 0.05) is 10.0 Å². The van der Waals surface area contributed by atoms with Gasteiger partial charge in [-0.05, 0) is 30.3 Å². The number of hydrazone groups is 1. The van der Waals surface area contributed by atoms with E-state index in [9.17, 15) is 9.18 Å². The van der Waals surface area contributed by atoms with Gasteiger partial charge < -0.3 is 4.57 Å². The summed E-state index contributed by atoms with van der Waals surface area (Å²) in [5, 5.41) is 3.78. The quantitative estimate of drug-likeness (QED) is 0.563. The van der Waals surface area contributed by atoms with Gasteiger partial charge in [0.25, 0.3) is 5.91 Å². The number of carbonyl (C=O) groups is 1. The first-order chi connectivity index (χ1) is 11.1. The Kier molecular flexibility index (Phi) is 4.47. The molecule has 0 unspecified atom stereocenters. The third kappa shape index (κ3) is 3.62. The van der Waals surface area contributed by atoms with Crippen LogP contribution in [-0.4, -0.2) is 21.7 Å². The molecule has 0 saturated carbocycles. The van der Waals surface area contributed by atoms with Gasteiger partial charge in [-0.1, -0.05) is 28.1 Å². The van der Waals surface area contributed by atoms with Crippen LogP contribution in [0.1, 0.15) is 5.56 Å². The molecule has 0 aliphatic heterocycles. The largest absolute Gasteiger partial charge is 0.321 e. The average molecular weight is 375 g/mol. The predicted octanol–water partition coefficient (Wildman–Crippen LogP) is 3.09. The third-order valence-corrected chi connectivity index (χ3v) is 3.69. The summed E-state index contributed by atoms with van der Waals surface area (Å²) in [7, 11) is 0. The smallest absolute Gasteiger partial charge is 0.260 e. The van der Waals surface area contributed by atoms with E-state index in [0.29, 0.717) is 0 Å². The number of para-hydroxylation sites is 2. The van der Waals surface area contributed by atoms with Crippen LogP contribution in [0.15, 0.2) is 58.4 Å². The van der Waals surface area contributed by atoms with Gasteiger partial charge in [-0.3, -0.25) is 4.79 Å². The van der Waals surface area contributed by atoms with E-state index in [1.54, 1.807) is 23.0 Å². The lowest BCUT2D eigenvalue weighted by atomic mass is 10.2. The van der Waals surface area contributed by atoms with Crippen molar-refractivity contribution in [3.63, 3.8) is 0 Å². The maximum absolute atomic E-state index is 13.5. The molecule has 116 valence electrons. The van der Waals surface area contributed by atoms with Crippen LogP contribution in [0.25, 0.3) is 11.0 Å². The third-order valence-electron chi connectivity index (χ3n) is 3.19. The fraction of sp³-hybridized carbons (Fsp3) is 0.0625. The Hall–Kier alpha value is -2.54. The highest BCUT2D eigenvalue weighted by Crippen LogP contribution is 2.14. The van der Waals surface area contributed by atoms with Crippen molar-refractivity contribution < 1.29 is 9.18 Å². The van der Waals surface area contributed by atoms with Gasteiger partial charge >= 0.3 is 0 Å². The van der Waals surface area contributed by atoms with E-state index in [0.717, 1.165) is 15.5 Å². The van der Waals surface area contributed by atoms with Crippen molar-refractivity contribution in [2.24, 2.45) is 5.10 Å². The Morgan fingerprint density at radius 3 is 3.04 bits per heavy atom. The first-order valence-electron chi connectivity index (χ1n) is 6.80. The zero-order chi connectivity index (χ0) is 16.2. The van der Waals surface area contributed by atoms with Crippen molar-refractivity contribution in [3.05, 3.63) is 64.6 Å². The molecule has 7 heteroatoms. The molecule has 0 saturated heterocycles. The maximum atomic E-state index is 13.5. The highest BCUT2D eigenvalue weighted by atomic mass is 79.9. The molecule has 0 aliphatic rings. The molecule has 3 aromatic rings. The zero-order valence-electron chi connectivity index (χ0n) is 11.9. The van der Waals surface area contributed by atoms with E-state index in [1.165, 1.54) is 12.3 Å². The Morgan fingerprint density at radius 2 is 2.17 bits per heavy atom. The summed E-state index contributed by atoms with van der Waals surface area (Å²) < 4.78 is 16.0. The van der Waals surface area contributed by atoms with Crippen molar-refractivity contribution in [2.45, 2.75) is 6.54 Å². The van der Waals surface area contributed by atoms with Crippen molar-refractivity contribution in [1.82, 2.24) is 15.0 Å². The predicted molar refractivity (Wildman–Crippen MR) is 89.6 cm³/mol. The van der Waals surface area contributed by atoms with Gasteiger partial charge in [-0.15, -0.1) is 0 Å². The topological polar surface area (TPSA) is 59.3 Å². The maximum Gasteiger partial charge on any atom is 0.260 e. The lowest BCUT2D eigenvalue weighted by molar-refractivity contribution is -0.121. The molecule has 0 atom stereocenters. The second kappa shape index (κ2) is 6.70. The zero-order valence-corrected chi connectivity index (χ0v) is 13.5. The molecule has 1 N–H and O–H groups in total. The summed E-state index contributed by atoms with van der Waals surface area (Å²) in [6.45, 7) is 0.0822. The monoisotopic (exact) mass is 374 g/mol. The van der Waals surface area contributed by atoms with Gasteiger partial charge in [0.1, 0.15) is 12.4 Å². The number of aromatic nitrogens is 2. The summed E-state index contributed by atoms with van der Waals surface area (Å²) in [6, 6.07) is 12.0. The van der Waals surface area contributed by atoms with Crippen LogP contribution in [0.2, 0.25) is 0 Å². The molecule has 0 aliphatic carbocycles. The minimum atomic E-state index is -0.410. The van der Waals surface area contributed by atoms with E-state index in [2.05, 4.69) is 31.4 Å². The number of imidazole rings is 1. The van der Waals surface area contributed by atoms with Gasteiger partial charge in [0.2, 0.25) is 0 Å². The van der Waals surface area contributed by atoms with Crippen molar-refractivity contribution >= 4 is 39.1 Å². The second-order valence-electron chi connectivity index (χ2n) is 4.82. The fourth-order valence-electron chi connectivity index (χ4n) is 2.11. The second-order valence-corrected chi connectivity index (χ2v) is 5.74. The van der Waals surface area contributed by atoms with Crippen LogP contribution in [0.4, 0.5) is 4.39 Å². The number of fused-ring (bicyclic) bond motifs is 1. The number of nitrogens with zero attached hydrogens (tertiary/aromatic N) is 3. The van der Waals surface area contributed by atoms with E-state index in [-0.39, 0.29) is 18.0 Å². The average Bonchev–Trinajstić information content (AvgIpc) is 2.94. The first-order valence-corrected chi connectivity index (χ1v) is 7.59. The fourth-order valence-corrected chi connectivity index (χ4v) is 2.49. The van der Waals surface area contributed by atoms with Gasteiger partial charge in [-0.25, -0.2) is 14.8 Å². The van der Waals surface area contributed by atoms with E-state index >= 15 is 0 Å². The minimum absolute atomic E-state index is 0.0822. The number of carbonyl (C=O) groups excluding carboxylic acids is 1. The summed E-state index contributed by atoms with van der Waals surface area (Å²) >= 11 is 3.25. The number of hydrogen-bond acceptors (Lipinski definition) is 3. The van der Waals surface area contributed by atoms with Crippen LogP contribution >= 0.6 is 15.9 Å². The van der Waals surface area contributed by atoms with Crippen LogP contribution < -0.4 is 5.43 Å². The van der Waals surface area contributed by atoms with Crippen LogP contribution in [0.5, 0.6) is 0 Å². The molecular formula is C16H12BrFN4O. The summed E-state index contributed by atoms with van der Waals surface area (Å²) in [5.74, 6) is -0.730. The molecule has 2 aromatic carbocycles. The Bertz CT molecular complexity index is 891. The molecule has 0 bridgehead atoms. The summed E-state index contributed by atoms with van der Waals surface area (Å²) in [6.07, 6.45) is 2.87. The lowest BCUT2D eigenvalue weighted by Gasteiger charge is -2.03. The van der Waals surface area contributed by atoms with Gasteiger partial charge in [0.15, 0.2) is 0 Å². The number of hydrogen-bond donors (Lipinski definition) is 1. The first kappa shape index (κ1) is 15.4. The van der Waals surface area contributed by atoms with E-state index < -0.39 is 5.82 Å². The molecule has 1 aromatic heterocycles. The van der Waals surface area contributed by atoms with Crippen LogP contribution in [0, 0.1) is 5.82 Å². The van der Waals surface area contributed by atoms with Crippen LogP contribution in [-0.2, 0) is 11.3 Å². The Balaban J connectivity index is 1.66. The Labute approximate surface area is 140 Å². The number of nitrogens with one attached hydrogen (secondary N) is 1. The van der Waals surface area contributed by atoms with Gasteiger partial charge in [0.05, 0.1) is 23.6 Å². The number of amides is 1. The molecular weight excluding hydrogens is 363 g/mol. The van der Waals surface area contributed by atoms with Crippen molar-refractivity contribution in [2.75, 3.05) is 0 Å². The molecule has 5 nitrogen and oxygen atoms in total.